The smallest absolute Gasteiger partial charge is 0.256 e. The van der Waals surface area contributed by atoms with E-state index in [1.165, 1.54) is 17.0 Å². The van der Waals surface area contributed by atoms with Gasteiger partial charge in [-0.3, -0.25) is 4.79 Å². The van der Waals surface area contributed by atoms with E-state index in [9.17, 15) is 14.3 Å². The molecule has 1 aliphatic rings. The van der Waals surface area contributed by atoms with Gasteiger partial charge in [-0.25, -0.2) is 4.39 Å². The van der Waals surface area contributed by atoms with Gasteiger partial charge in [0.05, 0.1) is 11.7 Å². The lowest BCUT2D eigenvalue weighted by molar-refractivity contribution is 0.0760. The molecule has 4 nitrogen and oxygen atoms in total. The van der Waals surface area contributed by atoms with Crippen LogP contribution in [0.1, 0.15) is 16.8 Å². The summed E-state index contributed by atoms with van der Waals surface area (Å²) in [5.74, 6) is -1.01. The van der Waals surface area contributed by atoms with Gasteiger partial charge in [0.1, 0.15) is 5.82 Å². The van der Waals surface area contributed by atoms with E-state index < -0.39 is 17.8 Å². The molecule has 0 bridgehead atoms. The summed E-state index contributed by atoms with van der Waals surface area (Å²) in [4.78, 5) is 13.3. The monoisotopic (exact) mass is 224 g/mol. The SMILES string of the molecule is Nc1ccc(C(=O)N2CC[C@H](O)C2)c(F)c1. The van der Waals surface area contributed by atoms with Crippen LogP contribution in [0.4, 0.5) is 10.1 Å². The van der Waals surface area contributed by atoms with Gasteiger partial charge >= 0.3 is 0 Å². The van der Waals surface area contributed by atoms with Gasteiger partial charge in [-0.05, 0) is 24.6 Å². The molecule has 1 amide bonds. The van der Waals surface area contributed by atoms with Gasteiger partial charge in [0.25, 0.3) is 5.91 Å². The predicted molar refractivity (Wildman–Crippen MR) is 57.3 cm³/mol. The van der Waals surface area contributed by atoms with Crippen LogP contribution in [0.25, 0.3) is 0 Å². The molecule has 16 heavy (non-hydrogen) atoms. The van der Waals surface area contributed by atoms with Gasteiger partial charge in [-0.2, -0.15) is 0 Å². The van der Waals surface area contributed by atoms with Crippen LogP contribution >= 0.6 is 0 Å². The van der Waals surface area contributed by atoms with E-state index >= 15 is 0 Å². The van der Waals surface area contributed by atoms with E-state index in [4.69, 9.17) is 5.73 Å². The Morgan fingerprint density at radius 3 is 2.88 bits per heavy atom. The van der Waals surface area contributed by atoms with Crippen molar-refractivity contribution in [3.05, 3.63) is 29.6 Å². The maximum atomic E-state index is 13.5. The number of hydrogen-bond donors (Lipinski definition) is 2. The van der Waals surface area contributed by atoms with Crippen LogP contribution in [-0.4, -0.2) is 35.1 Å². The summed E-state index contributed by atoms with van der Waals surface area (Å²) in [5, 5.41) is 9.30. The molecule has 1 heterocycles. The summed E-state index contributed by atoms with van der Waals surface area (Å²) in [6.45, 7) is 0.729. The molecule has 5 heteroatoms. The number of halogens is 1. The van der Waals surface area contributed by atoms with Crippen molar-refractivity contribution in [1.82, 2.24) is 4.90 Å². The number of carbonyl (C=O) groups is 1. The van der Waals surface area contributed by atoms with Crippen LogP contribution in [-0.2, 0) is 0 Å². The van der Waals surface area contributed by atoms with Crippen LogP contribution in [0.2, 0.25) is 0 Å². The van der Waals surface area contributed by atoms with Crippen molar-refractivity contribution in [2.75, 3.05) is 18.8 Å². The molecule has 1 aromatic carbocycles. The molecule has 1 atom stereocenters. The summed E-state index contributed by atoms with van der Waals surface area (Å²) < 4.78 is 13.5. The Morgan fingerprint density at radius 1 is 1.56 bits per heavy atom. The third kappa shape index (κ3) is 1.99. The van der Waals surface area contributed by atoms with Crippen molar-refractivity contribution in [2.45, 2.75) is 12.5 Å². The van der Waals surface area contributed by atoms with E-state index in [0.29, 0.717) is 13.0 Å². The quantitative estimate of drug-likeness (QED) is 0.687. The standard InChI is InChI=1S/C11H13FN2O2/c12-10-5-7(13)1-2-9(10)11(16)14-4-3-8(15)6-14/h1-2,5,8,15H,3-4,6,13H2/t8-/m0/s1. The van der Waals surface area contributed by atoms with Gasteiger partial charge in [-0.15, -0.1) is 0 Å². The molecule has 0 saturated carbocycles. The summed E-state index contributed by atoms with van der Waals surface area (Å²) in [6.07, 6.45) is 0.0447. The van der Waals surface area contributed by atoms with Crippen molar-refractivity contribution in [1.29, 1.82) is 0 Å². The minimum atomic E-state index is -0.619. The molecule has 2 rings (SSSR count). The highest BCUT2D eigenvalue weighted by molar-refractivity contribution is 5.95. The lowest BCUT2D eigenvalue weighted by Crippen LogP contribution is -2.30. The number of nitrogens with zero attached hydrogens (tertiary/aromatic N) is 1. The van der Waals surface area contributed by atoms with E-state index in [2.05, 4.69) is 0 Å². The normalized spacial score (nSPS) is 20.1. The molecule has 1 aliphatic heterocycles. The van der Waals surface area contributed by atoms with Crippen LogP contribution in [0, 0.1) is 5.82 Å². The van der Waals surface area contributed by atoms with Crippen molar-refractivity contribution in [2.24, 2.45) is 0 Å². The molecule has 0 aromatic heterocycles. The summed E-state index contributed by atoms with van der Waals surface area (Å²) in [5.41, 5.74) is 5.69. The Labute approximate surface area is 92.5 Å². The van der Waals surface area contributed by atoms with E-state index in [-0.39, 0.29) is 17.8 Å². The third-order valence-corrected chi connectivity index (χ3v) is 2.67. The molecule has 86 valence electrons. The first-order valence-corrected chi connectivity index (χ1v) is 5.10. The van der Waals surface area contributed by atoms with Crippen molar-refractivity contribution >= 4 is 11.6 Å². The van der Waals surface area contributed by atoms with Gasteiger partial charge in [0, 0.05) is 18.8 Å². The van der Waals surface area contributed by atoms with E-state index in [0.717, 1.165) is 6.07 Å². The van der Waals surface area contributed by atoms with Gasteiger partial charge in [0.2, 0.25) is 0 Å². The third-order valence-electron chi connectivity index (χ3n) is 2.67. The molecule has 3 N–H and O–H groups in total. The first-order chi connectivity index (χ1) is 7.58. The number of carbonyl (C=O) groups excluding carboxylic acids is 1. The molecular weight excluding hydrogens is 211 g/mol. The lowest BCUT2D eigenvalue weighted by atomic mass is 10.1. The van der Waals surface area contributed by atoms with Gasteiger partial charge in [-0.1, -0.05) is 0 Å². The topological polar surface area (TPSA) is 66.6 Å². The second-order valence-corrected chi connectivity index (χ2v) is 3.93. The first kappa shape index (κ1) is 10.9. The molecule has 1 fully saturated rings. The number of aliphatic hydroxyl groups excluding tert-OH is 1. The maximum absolute atomic E-state index is 13.5. The highest BCUT2D eigenvalue weighted by Crippen LogP contribution is 2.17. The minimum Gasteiger partial charge on any atom is -0.399 e. The molecule has 1 aromatic rings. The Balaban J connectivity index is 2.21. The largest absolute Gasteiger partial charge is 0.399 e. The Bertz CT molecular complexity index is 422. The highest BCUT2D eigenvalue weighted by Gasteiger charge is 2.26. The molecule has 0 spiro atoms. The number of likely N-dealkylation sites (tertiary alicyclic amines) is 1. The number of amides is 1. The summed E-state index contributed by atoms with van der Waals surface area (Å²) in [7, 11) is 0. The lowest BCUT2D eigenvalue weighted by Gasteiger charge is -2.15. The number of aliphatic hydroxyl groups is 1. The van der Waals surface area contributed by atoms with Crippen molar-refractivity contribution < 1.29 is 14.3 Å². The van der Waals surface area contributed by atoms with Gasteiger partial charge in [0.15, 0.2) is 0 Å². The molecule has 0 radical (unpaired) electrons. The van der Waals surface area contributed by atoms with E-state index in [1.807, 2.05) is 0 Å². The second-order valence-electron chi connectivity index (χ2n) is 3.93. The minimum absolute atomic E-state index is 0.00306. The fourth-order valence-corrected chi connectivity index (χ4v) is 1.80. The van der Waals surface area contributed by atoms with Crippen LogP contribution in [0.5, 0.6) is 0 Å². The zero-order chi connectivity index (χ0) is 11.7. The number of β-amino-alcohol motifs (C(OH)–C–C–N with tert-alkyl or cyclic N) is 1. The molecule has 1 saturated heterocycles. The number of nitrogen functional groups attached to an aromatic ring is 1. The fraction of sp³-hybridized carbons (Fsp3) is 0.364. The predicted octanol–water partition coefficient (Wildman–Crippen LogP) is 0.615. The summed E-state index contributed by atoms with van der Waals surface area (Å²) >= 11 is 0. The number of nitrogens with two attached hydrogens (primary N) is 1. The Hall–Kier alpha value is -1.62. The number of rotatable bonds is 1. The average molecular weight is 224 g/mol. The van der Waals surface area contributed by atoms with Crippen LogP contribution in [0.3, 0.4) is 0 Å². The zero-order valence-electron chi connectivity index (χ0n) is 8.69. The second kappa shape index (κ2) is 4.09. The van der Waals surface area contributed by atoms with Crippen LogP contribution < -0.4 is 5.73 Å². The number of benzene rings is 1. The molecule has 0 aliphatic carbocycles. The van der Waals surface area contributed by atoms with Crippen LogP contribution in [0.15, 0.2) is 18.2 Å². The van der Waals surface area contributed by atoms with Crippen molar-refractivity contribution in [3.8, 4) is 0 Å². The fourth-order valence-electron chi connectivity index (χ4n) is 1.80. The van der Waals surface area contributed by atoms with E-state index in [1.54, 1.807) is 0 Å². The Morgan fingerprint density at radius 2 is 2.31 bits per heavy atom. The molecule has 0 unspecified atom stereocenters. The number of anilines is 1. The highest BCUT2D eigenvalue weighted by atomic mass is 19.1. The number of hydrogen-bond acceptors (Lipinski definition) is 3. The van der Waals surface area contributed by atoms with Crippen molar-refractivity contribution in [3.63, 3.8) is 0 Å². The first-order valence-electron chi connectivity index (χ1n) is 5.10. The summed E-state index contributed by atoms with van der Waals surface area (Å²) in [6, 6.07) is 3.99. The molecular formula is C11H13FN2O2. The average Bonchev–Trinajstić information content (AvgIpc) is 2.64. The van der Waals surface area contributed by atoms with Gasteiger partial charge < -0.3 is 15.7 Å². The maximum Gasteiger partial charge on any atom is 0.256 e. The zero-order valence-corrected chi connectivity index (χ0v) is 8.69. The Kier molecular flexibility index (Phi) is 2.78.